The largest absolute Gasteiger partial charge is 0.450 e. The van der Waals surface area contributed by atoms with Crippen LogP contribution in [0.25, 0.3) is 11.0 Å². The number of morpholine rings is 1. The molecule has 0 atom stereocenters. The van der Waals surface area contributed by atoms with Crippen molar-refractivity contribution >= 4 is 34.7 Å². The molecule has 27 heavy (non-hydrogen) atoms. The van der Waals surface area contributed by atoms with Crippen molar-refractivity contribution < 1.29 is 14.3 Å². The quantitative estimate of drug-likeness (QED) is 0.562. The molecule has 3 rings (SSSR count). The number of rotatable bonds is 7. The Kier molecular flexibility index (Phi) is 6.73. The first-order chi connectivity index (χ1) is 13.1. The van der Waals surface area contributed by atoms with Crippen LogP contribution >= 0.6 is 11.8 Å². The highest BCUT2D eigenvalue weighted by Crippen LogP contribution is 2.29. The van der Waals surface area contributed by atoms with Crippen molar-refractivity contribution in [1.29, 1.82) is 0 Å². The Bertz CT molecular complexity index is 775. The lowest BCUT2D eigenvalue weighted by molar-refractivity contribution is 0.122. The zero-order chi connectivity index (χ0) is 19.2. The van der Waals surface area contributed by atoms with E-state index in [1.54, 1.807) is 29.6 Å². The smallest absolute Gasteiger partial charge is 0.407 e. The van der Waals surface area contributed by atoms with Gasteiger partial charge in [-0.15, -0.1) is 0 Å². The first-order valence-electron chi connectivity index (χ1n) is 9.22. The van der Waals surface area contributed by atoms with Gasteiger partial charge in [0, 0.05) is 24.9 Å². The topological polar surface area (TPSA) is 94.4 Å². The van der Waals surface area contributed by atoms with Crippen molar-refractivity contribution in [2.75, 3.05) is 44.4 Å². The van der Waals surface area contributed by atoms with Gasteiger partial charge in [0.15, 0.2) is 10.8 Å². The standard InChI is InChI=1S/C17H26N6O3S/c1-4-26-17(24)18-5-6-23-15-13(11-19-23)14(22-7-9-25-10-8-22)20-16(21-15)27-12(2)3/h11-12H,4-10H2,1-3H3,(H,18,24). The van der Waals surface area contributed by atoms with Crippen LogP contribution in [0.4, 0.5) is 10.6 Å². The Morgan fingerprint density at radius 3 is 2.85 bits per heavy atom. The zero-order valence-corrected chi connectivity index (χ0v) is 16.8. The number of nitrogens with zero attached hydrogens (tertiary/aromatic N) is 5. The SMILES string of the molecule is CCOC(=O)NCCn1ncc2c(N3CCOCC3)nc(SC(C)C)nc21. The summed E-state index contributed by atoms with van der Waals surface area (Å²) in [6.07, 6.45) is 1.38. The second kappa shape index (κ2) is 9.23. The molecular weight excluding hydrogens is 368 g/mol. The molecule has 1 N–H and O–H groups in total. The fraction of sp³-hybridized carbons (Fsp3) is 0.647. The molecule has 1 aliphatic heterocycles. The van der Waals surface area contributed by atoms with E-state index in [0.717, 1.165) is 35.1 Å². The molecule has 1 aliphatic rings. The van der Waals surface area contributed by atoms with Gasteiger partial charge in [0.05, 0.1) is 37.9 Å². The minimum absolute atomic E-state index is 0.350. The second-order valence-corrected chi connectivity index (χ2v) is 7.89. The highest BCUT2D eigenvalue weighted by molar-refractivity contribution is 7.99. The van der Waals surface area contributed by atoms with Gasteiger partial charge < -0.3 is 19.7 Å². The van der Waals surface area contributed by atoms with Gasteiger partial charge in [0.2, 0.25) is 0 Å². The van der Waals surface area contributed by atoms with E-state index in [2.05, 4.69) is 29.2 Å². The maximum Gasteiger partial charge on any atom is 0.407 e. The van der Waals surface area contributed by atoms with Crippen LogP contribution in [0.2, 0.25) is 0 Å². The molecule has 2 aromatic heterocycles. The van der Waals surface area contributed by atoms with Crippen molar-refractivity contribution in [3.8, 4) is 0 Å². The minimum Gasteiger partial charge on any atom is -0.450 e. The number of fused-ring (bicyclic) bond motifs is 1. The molecule has 0 saturated carbocycles. The molecule has 9 nitrogen and oxygen atoms in total. The lowest BCUT2D eigenvalue weighted by Gasteiger charge is -2.28. The fourth-order valence-electron chi connectivity index (χ4n) is 2.81. The molecule has 0 aliphatic carbocycles. The number of alkyl carbamates (subject to hydrolysis) is 1. The Balaban J connectivity index is 1.85. The molecular formula is C17H26N6O3S. The van der Waals surface area contributed by atoms with Gasteiger partial charge in [0.25, 0.3) is 0 Å². The van der Waals surface area contributed by atoms with E-state index in [4.69, 9.17) is 19.4 Å². The van der Waals surface area contributed by atoms with Crippen LogP contribution in [-0.4, -0.2) is 70.5 Å². The highest BCUT2D eigenvalue weighted by atomic mass is 32.2. The van der Waals surface area contributed by atoms with Gasteiger partial charge >= 0.3 is 6.09 Å². The zero-order valence-electron chi connectivity index (χ0n) is 16.0. The summed E-state index contributed by atoms with van der Waals surface area (Å²) in [5.41, 5.74) is 0.778. The molecule has 0 bridgehead atoms. The maximum absolute atomic E-state index is 11.5. The van der Waals surface area contributed by atoms with Gasteiger partial charge in [-0.3, -0.25) is 0 Å². The first-order valence-corrected chi connectivity index (χ1v) is 10.1. The van der Waals surface area contributed by atoms with E-state index in [9.17, 15) is 4.79 Å². The summed E-state index contributed by atoms with van der Waals surface area (Å²) >= 11 is 1.63. The van der Waals surface area contributed by atoms with Crippen LogP contribution < -0.4 is 10.2 Å². The fourth-order valence-corrected chi connectivity index (χ4v) is 3.51. The van der Waals surface area contributed by atoms with Gasteiger partial charge in [-0.25, -0.2) is 19.4 Å². The van der Waals surface area contributed by atoms with E-state index in [1.165, 1.54) is 0 Å². The molecule has 1 fully saturated rings. The van der Waals surface area contributed by atoms with Crippen LogP contribution in [0, 0.1) is 0 Å². The summed E-state index contributed by atoms with van der Waals surface area (Å²) in [6.45, 7) is 10.3. The average molecular weight is 395 g/mol. The lowest BCUT2D eigenvalue weighted by atomic mass is 10.3. The number of amides is 1. The lowest BCUT2D eigenvalue weighted by Crippen LogP contribution is -2.37. The predicted octanol–water partition coefficient (Wildman–Crippen LogP) is 1.91. The normalized spacial score (nSPS) is 14.7. The molecule has 0 aromatic carbocycles. The van der Waals surface area contributed by atoms with E-state index >= 15 is 0 Å². The van der Waals surface area contributed by atoms with E-state index in [-0.39, 0.29) is 0 Å². The minimum atomic E-state index is -0.423. The van der Waals surface area contributed by atoms with Crippen molar-refractivity contribution in [3.63, 3.8) is 0 Å². The Hall–Kier alpha value is -2.07. The number of anilines is 1. The average Bonchev–Trinajstić information content (AvgIpc) is 3.04. The number of ether oxygens (including phenoxy) is 2. The number of hydrogen-bond donors (Lipinski definition) is 1. The number of aromatic nitrogens is 4. The monoisotopic (exact) mass is 394 g/mol. The third-order valence-corrected chi connectivity index (χ3v) is 4.84. The van der Waals surface area contributed by atoms with Crippen LogP contribution in [-0.2, 0) is 16.0 Å². The summed E-state index contributed by atoms with van der Waals surface area (Å²) in [7, 11) is 0. The third-order valence-electron chi connectivity index (χ3n) is 3.98. The van der Waals surface area contributed by atoms with E-state index < -0.39 is 6.09 Å². The molecule has 1 saturated heterocycles. The Morgan fingerprint density at radius 2 is 2.15 bits per heavy atom. The van der Waals surface area contributed by atoms with Gasteiger partial charge in [-0.05, 0) is 6.92 Å². The van der Waals surface area contributed by atoms with E-state index in [1.807, 2.05) is 0 Å². The van der Waals surface area contributed by atoms with Crippen molar-refractivity contribution in [1.82, 2.24) is 25.1 Å². The maximum atomic E-state index is 11.5. The van der Waals surface area contributed by atoms with Gasteiger partial charge in [-0.2, -0.15) is 5.10 Å². The van der Waals surface area contributed by atoms with Crippen molar-refractivity contribution in [2.45, 2.75) is 37.7 Å². The molecule has 3 heterocycles. The number of carbonyl (C=O) groups is 1. The van der Waals surface area contributed by atoms with Crippen molar-refractivity contribution in [2.24, 2.45) is 0 Å². The van der Waals surface area contributed by atoms with Crippen LogP contribution in [0.3, 0.4) is 0 Å². The summed E-state index contributed by atoms with van der Waals surface area (Å²) in [4.78, 5) is 23.2. The van der Waals surface area contributed by atoms with Crippen LogP contribution in [0.1, 0.15) is 20.8 Å². The van der Waals surface area contributed by atoms with Gasteiger partial charge in [-0.1, -0.05) is 25.6 Å². The molecule has 0 spiro atoms. The highest BCUT2D eigenvalue weighted by Gasteiger charge is 2.20. The summed E-state index contributed by atoms with van der Waals surface area (Å²) in [6, 6.07) is 0. The van der Waals surface area contributed by atoms with Crippen molar-refractivity contribution in [3.05, 3.63) is 6.20 Å². The Labute approximate surface area is 162 Å². The molecule has 0 radical (unpaired) electrons. The summed E-state index contributed by atoms with van der Waals surface area (Å²) in [5.74, 6) is 0.899. The first kappa shape index (κ1) is 19.7. The van der Waals surface area contributed by atoms with Gasteiger partial charge in [0.1, 0.15) is 5.82 Å². The summed E-state index contributed by atoms with van der Waals surface area (Å²) in [5, 5.41) is 9.21. The number of carbonyl (C=O) groups excluding carboxylic acids is 1. The molecule has 0 unspecified atom stereocenters. The molecule has 10 heteroatoms. The second-order valence-electron chi connectivity index (χ2n) is 6.35. The van der Waals surface area contributed by atoms with E-state index in [0.29, 0.717) is 38.2 Å². The number of nitrogens with one attached hydrogen (secondary N) is 1. The third kappa shape index (κ3) is 5.01. The molecule has 1 amide bonds. The van der Waals surface area contributed by atoms with Crippen LogP contribution in [0.5, 0.6) is 0 Å². The predicted molar refractivity (Wildman–Crippen MR) is 104 cm³/mol. The summed E-state index contributed by atoms with van der Waals surface area (Å²) < 4.78 is 12.2. The number of hydrogen-bond acceptors (Lipinski definition) is 8. The molecule has 2 aromatic rings. The molecule has 148 valence electrons. The Morgan fingerprint density at radius 1 is 1.37 bits per heavy atom. The van der Waals surface area contributed by atoms with Crippen LogP contribution in [0.15, 0.2) is 11.4 Å². The number of thioether (sulfide) groups is 1.